The molecule has 2 saturated heterocycles. The molecular formula is C22H24N4O3. The first-order valence-electron chi connectivity index (χ1n) is 9.99. The molecule has 0 aliphatic carbocycles. The van der Waals surface area contributed by atoms with Crippen LogP contribution in [0.3, 0.4) is 0 Å². The lowest BCUT2D eigenvalue weighted by molar-refractivity contribution is -0.126. The molecule has 1 atom stereocenters. The van der Waals surface area contributed by atoms with Gasteiger partial charge in [0.25, 0.3) is 5.91 Å². The van der Waals surface area contributed by atoms with E-state index in [9.17, 15) is 9.59 Å². The van der Waals surface area contributed by atoms with Gasteiger partial charge in [-0.3, -0.25) is 9.59 Å². The van der Waals surface area contributed by atoms with E-state index in [0.717, 1.165) is 24.8 Å². The molecule has 1 N–H and O–H groups in total. The SMILES string of the molecule is O=C(Nc1ccnn1C1CCN(C(=O)C#Cc2ccccc2)CC1)[C@@H]1CCOC1. The Morgan fingerprint density at radius 1 is 1.10 bits per heavy atom. The van der Waals surface area contributed by atoms with E-state index in [4.69, 9.17) is 4.74 Å². The van der Waals surface area contributed by atoms with Crippen molar-refractivity contribution < 1.29 is 14.3 Å². The summed E-state index contributed by atoms with van der Waals surface area (Å²) in [7, 11) is 0. The number of nitrogens with zero attached hydrogens (tertiary/aromatic N) is 3. The second kappa shape index (κ2) is 8.93. The number of carbonyl (C=O) groups is 2. The highest BCUT2D eigenvalue weighted by atomic mass is 16.5. The van der Waals surface area contributed by atoms with Gasteiger partial charge in [-0.2, -0.15) is 5.10 Å². The van der Waals surface area contributed by atoms with Gasteiger partial charge >= 0.3 is 0 Å². The Morgan fingerprint density at radius 3 is 2.62 bits per heavy atom. The predicted octanol–water partition coefficient (Wildman–Crippen LogP) is 2.07. The van der Waals surface area contributed by atoms with Crippen molar-refractivity contribution in [1.82, 2.24) is 14.7 Å². The molecule has 0 unspecified atom stereocenters. The molecule has 2 aliphatic heterocycles. The first-order chi connectivity index (χ1) is 14.2. The van der Waals surface area contributed by atoms with Crippen LogP contribution in [0.25, 0.3) is 0 Å². The molecule has 2 fully saturated rings. The molecule has 1 aromatic carbocycles. The molecule has 150 valence electrons. The average Bonchev–Trinajstić information content (AvgIpc) is 3.45. The van der Waals surface area contributed by atoms with Crippen LogP contribution in [0, 0.1) is 17.8 Å². The lowest BCUT2D eigenvalue weighted by Crippen LogP contribution is -2.39. The topological polar surface area (TPSA) is 76.5 Å². The number of nitrogens with one attached hydrogen (secondary N) is 1. The Labute approximate surface area is 170 Å². The van der Waals surface area contributed by atoms with Crippen LogP contribution in [0.5, 0.6) is 0 Å². The van der Waals surface area contributed by atoms with E-state index in [2.05, 4.69) is 22.3 Å². The largest absolute Gasteiger partial charge is 0.381 e. The number of benzene rings is 1. The molecule has 0 saturated carbocycles. The zero-order chi connectivity index (χ0) is 20.1. The normalized spacial score (nSPS) is 19.4. The van der Waals surface area contributed by atoms with E-state index in [1.807, 2.05) is 41.1 Å². The molecule has 7 nitrogen and oxygen atoms in total. The summed E-state index contributed by atoms with van der Waals surface area (Å²) in [5.41, 5.74) is 0.834. The molecule has 0 bridgehead atoms. The number of ether oxygens (including phenoxy) is 1. The van der Waals surface area contributed by atoms with E-state index in [1.165, 1.54) is 0 Å². The van der Waals surface area contributed by atoms with Gasteiger partial charge in [0.1, 0.15) is 5.82 Å². The Bertz CT molecular complexity index is 914. The highest BCUT2D eigenvalue weighted by molar-refractivity contribution is 5.94. The van der Waals surface area contributed by atoms with Crippen molar-refractivity contribution in [3.63, 3.8) is 0 Å². The number of rotatable bonds is 3. The molecule has 0 spiro atoms. The van der Waals surface area contributed by atoms with Crippen LogP contribution in [0.1, 0.15) is 30.9 Å². The number of hydrogen-bond acceptors (Lipinski definition) is 4. The van der Waals surface area contributed by atoms with E-state index >= 15 is 0 Å². The second-order valence-corrected chi connectivity index (χ2v) is 7.35. The van der Waals surface area contributed by atoms with E-state index in [1.54, 1.807) is 11.1 Å². The van der Waals surface area contributed by atoms with Crippen LogP contribution < -0.4 is 5.32 Å². The van der Waals surface area contributed by atoms with Crippen molar-refractivity contribution in [2.75, 3.05) is 31.6 Å². The van der Waals surface area contributed by atoms with Crippen molar-refractivity contribution >= 4 is 17.6 Å². The van der Waals surface area contributed by atoms with Crippen LogP contribution in [-0.2, 0) is 14.3 Å². The van der Waals surface area contributed by atoms with Gasteiger partial charge in [-0.05, 0) is 31.4 Å². The molecule has 0 radical (unpaired) electrons. The third kappa shape index (κ3) is 4.66. The first kappa shape index (κ1) is 19.2. The summed E-state index contributed by atoms with van der Waals surface area (Å²) in [5, 5.41) is 7.39. The minimum atomic E-state index is -0.150. The van der Waals surface area contributed by atoms with Gasteiger partial charge in [0, 0.05) is 37.2 Å². The van der Waals surface area contributed by atoms with E-state index in [0.29, 0.717) is 32.1 Å². The zero-order valence-corrected chi connectivity index (χ0v) is 16.2. The maximum atomic E-state index is 12.4. The van der Waals surface area contributed by atoms with Crippen LogP contribution in [0.2, 0.25) is 0 Å². The number of piperidine rings is 1. The number of hydrogen-bond donors (Lipinski definition) is 1. The van der Waals surface area contributed by atoms with E-state index in [-0.39, 0.29) is 23.8 Å². The van der Waals surface area contributed by atoms with E-state index < -0.39 is 0 Å². The molecule has 2 aliphatic rings. The Morgan fingerprint density at radius 2 is 1.90 bits per heavy atom. The summed E-state index contributed by atoms with van der Waals surface area (Å²) in [4.78, 5) is 26.5. The monoisotopic (exact) mass is 392 g/mol. The van der Waals surface area contributed by atoms with Crippen molar-refractivity contribution in [3.05, 3.63) is 48.2 Å². The average molecular weight is 392 g/mol. The Balaban J connectivity index is 1.33. The minimum absolute atomic E-state index is 0.0203. The van der Waals surface area contributed by atoms with Crippen molar-refractivity contribution in [2.45, 2.75) is 25.3 Å². The zero-order valence-electron chi connectivity index (χ0n) is 16.2. The maximum absolute atomic E-state index is 12.4. The van der Waals surface area contributed by atoms with Gasteiger partial charge in [0.15, 0.2) is 0 Å². The maximum Gasteiger partial charge on any atom is 0.298 e. The molecule has 2 amide bonds. The van der Waals surface area contributed by atoms with Crippen molar-refractivity contribution in [1.29, 1.82) is 0 Å². The summed E-state index contributed by atoms with van der Waals surface area (Å²) in [6.07, 6.45) is 4.00. The first-order valence-corrected chi connectivity index (χ1v) is 9.99. The molecular weight excluding hydrogens is 368 g/mol. The summed E-state index contributed by atoms with van der Waals surface area (Å²) < 4.78 is 7.16. The molecule has 3 heterocycles. The summed E-state index contributed by atoms with van der Waals surface area (Å²) in [5.74, 6) is 6.09. The summed E-state index contributed by atoms with van der Waals surface area (Å²) in [6.45, 7) is 2.36. The second-order valence-electron chi connectivity index (χ2n) is 7.35. The lowest BCUT2D eigenvalue weighted by atomic mass is 10.0. The van der Waals surface area contributed by atoms with Gasteiger partial charge < -0.3 is 15.0 Å². The van der Waals surface area contributed by atoms with Gasteiger partial charge in [-0.1, -0.05) is 24.1 Å². The fourth-order valence-electron chi connectivity index (χ4n) is 3.71. The number of likely N-dealkylation sites (tertiary alicyclic amines) is 1. The van der Waals surface area contributed by atoms with Crippen LogP contribution in [0.15, 0.2) is 42.6 Å². The number of anilines is 1. The highest BCUT2D eigenvalue weighted by Gasteiger charge is 2.27. The number of aromatic nitrogens is 2. The van der Waals surface area contributed by atoms with Gasteiger partial charge in [-0.15, -0.1) is 0 Å². The summed E-state index contributed by atoms with van der Waals surface area (Å²) in [6, 6.07) is 11.5. The molecule has 1 aromatic heterocycles. The number of carbonyl (C=O) groups excluding carboxylic acids is 2. The quantitative estimate of drug-likeness (QED) is 0.812. The van der Waals surface area contributed by atoms with Gasteiger partial charge in [0.2, 0.25) is 5.91 Å². The third-order valence-electron chi connectivity index (χ3n) is 5.41. The number of amides is 2. The summed E-state index contributed by atoms with van der Waals surface area (Å²) >= 11 is 0. The highest BCUT2D eigenvalue weighted by Crippen LogP contribution is 2.26. The molecule has 7 heteroatoms. The lowest BCUT2D eigenvalue weighted by Gasteiger charge is -2.31. The molecule has 2 aromatic rings. The minimum Gasteiger partial charge on any atom is -0.381 e. The Hall–Kier alpha value is -3.11. The van der Waals surface area contributed by atoms with Crippen LogP contribution in [-0.4, -0.2) is 52.8 Å². The predicted molar refractivity (Wildman–Crippen MR) is 108 cm³/mol. The fourth-order valence-corrected chi connectivity index (χ4v) is 3.71. The smallest absolute Gasteiger partial charge is 0.298 e. The third-order valence-corrected chi connectivity index (χ3v) is 5.41. The molecule has 29 heavy (non-hydrogen) atoms. The van der Waals surface area contributed by atoms with Gasteiger partial charge in [-0.25, -0.2) is 4.68 Å². The standard InChI is InChI=1S/C22H24N4O3/c27-21(7-6-17-4-2-1-3-5-17)25-13-9-19(10-14-25)26-20(8-12-23-26)24-22(28)18-11-15-29-16-18/h1-5,8,12,18-19H,9-11,13-16H2,(H,24,28)/t18-/m1/s1. The molecule has 4 rings (SSSR count). The van der Waals surface area contributed by atoms with Crippen molar-refractivity contribution in [3.8, 4) is 11.8 Å². The van der Waals surface area contributed by atoms with Crippen LogP contribution >= 0.6 is 0 Å². The fraction of sp³-hybridized carbons (Fsp3) is 0.409. The Kier molecular flexibility index (Phi) is 5.92. The van der Waals surface area contributed by atoms with Crippen LogP contribution in [0.4, 0.5) is 5.82 Å². The van der Waals surface area contributed by atoms with Crippen molar-refractivity contribution in [2.24, 2.45) is 5.92 Å². The van der Waals surface area contributed by atoms with Gasteiger partial charge in [0.05, 0.1) is 24.8 Å².